The molecule has 5 nitrogen and oxygen atoms in total. The van der Waals surface area contributed by atoms with E-state index in [1.165, 1.54) is 0 Å². The van der Waals surface area contributed by atoms with Crippen molar-refractivity contribution in [3.63, 3.8) is 0 Å². The molecule has 1 fully saturated rings. The molecule has 0 radical (unpaired) electrons. The molecule has 0 saturated carbocycles. The van der Waals surface area contributed by atoms with Crippen molar-refractivity contribution in [1.82, 2.24) is 9.80 Å². The Kier molecular flexibility index (Phi) is 3.94. The van der Waals surface area contributed by atoms with Crippen LogP contribution in [0.25, 0.3) is 11.0 Å². The number of carboxylic acid groups (broad SMARTS) is 1. The number of hydrogen-bond acceptors (Lipinski definition) is 4. The topological polar surface area (TPSA) is 56.9 Å². The summed E-state index contributed by atoms with van der Waals surface area (Å²) in [6, 6.07) is 10.3. The Morgan fingerprint density at radius 3 is 2.67 bits per heavy atom. The maximum atomic E-state index is 10.7. The van der Waals surface area contributed by atoms with Crippen molar-refractivity contribution in [3.05, 3.63) is 36.1 Å². The largest absolute Gasteiger partial charge is 0.480 e. The number of aliphatic carboxylic acids is 1. The number of benzene rings is 1. The molecule has 1 atom stereocenters. The summed E-state index contributed by atoms with van der Waals surface area (Å²) in [6.07, 6.45) is 0. The van der Waals surface area contributed by atoms with E-state index in [2.05, 4.69) is 24.0 Å². The second kappa shape index (κ2) is 5.87. The fourth-order valence-corrected chi connectivity index (χ4v) is 2.89. The second-order valence-corrected chi connectivity index (χ2v) is 5.57. The molecule has 1 N–H and O–H groups in total. The molecule has 112 valence electrons. The third-order valence-corrected chi connectivity index (χ3v) is 4.17. The Bertz CT molecular complexity index is 596. The van der Waals surface area contributed by atoms with Crippen LogP contribution in [0.2, 0.25) is 0 Å². The molecule has 2 aromatic rings. The summed E-state index contributed by atoms with van der Waals surface area (Å²) >= 11 is 0. The molecule has 3 rings (SSSR count). The van der Waals surface area contributed by atoms with Crippen molar-refractivity contribution in [2.45, 2.75) is 13.0 Å². The Morgan fingerprint density at radius 2 is 2.00 bits per heavy atom. The van der Waals surface area contributed by atoms with E-state index in [4.69, 9.17) is 9.52 Å². The number of hydrogen-bond donors (Lipinski definition) is 1. The molecular weight excluding hydrogens is 268 g/mol. The first-order valence-corrected chi connectivity index (χ1v) is 7.30. The average Bonchev–Trinajstić information content (AvgIpc) is 2.90. The van der Waals surface area contributed by atoms with Gasteiger partial charge in [0.25, 0.3) is 0 Å². The van der Waals surface area contributed by atoms with Crippen LogP contribution in [0.5, 0.6) is 0 Å². The lowest BCUT2D eigenvalue weighted by atomic mass is 10.1. The maximum absolute atomic E-state index is 10.7. The molecule has 1 aliphatic rings. The standard InChI is InChI=1S/C16H20N2O3/c1-12(15-10-13-4-2-3-5-14(13)21-15)18-8-6-17(7-9-18)11-16(19)20/h2-5,10,12H,6-9,11H2,1H3,(H,19,20). The highest BCUT2D eigenvalue weighted by Crippen LogP contribution is 2.27. The van der Waals surface area contributed by atoms with E-state index in [1.54, 1.807) is 0 Å². The van der Waals surface area contributed by atoms with Gasteiger partial charge in [-0.3, -0.25) is 14.6 Å². The highest BCUT2D eigenvalue weighted by atomic mass is 16.4. The van der Waals surface area contributed by atoms with Gasteiger partial charge in [0.2, 0.25) is 0 Å². The summed E-state index contributed by atoms with van der Waals surface area (Å²) < 4.78 is 5.93. The van der Waals surface area contributed by atoms with Gasteiger partial charge in [-0.2, -0.15) is 0 Å². The van der Waals surface area contributed by atoms with Crippen LogP contribution in [0, 0.1) is 0 Å². The first-order valence-electron chi connectivity index (χ1n) is 7.30. The van der Waals surface area contributed by atoms with Gasteiger partial charge in [-0.05, 0) is 19.1 Å². The smallest absolute Gasteiger partial charge is 0.317 e. The van der Waals surface area contributed by atoms with Crippen LogP contribution >= 0.6 is 0 Å². The van der Waals surface area contributed by atoms with E-state index < -0.39 is 5.97 Å². The zero-order valence-corrected chi connectivity index (χ0v) is 12.2. The molecule has 0 spiro atoms. The number of carbonyl (C=O) groups is 1. The zero-order chi connectivity index (χ0) is 14.8. The molecule has 1 aromatic heterocycles. The van der Waals surface area contributed by atoms with Crippen molar-refractivity contribution in [1.29, 1.82) is 0 Å². The molecule has 1 saturated heterocycles. The lowest BCUT2D eigenvalue weighted by Gasteiger charge is -2.36. The molecule has 1 unspecified atom stereocenters. The number of carboxylic acids is 1. The van der Waals surface area contributed by atoms with E-state index in [0.29, 0.717) is 0 Å². The highest BCUT2D eigenvalue weighted by molar-refractivity contribution is 5.77. The van der Waals surface area contributed by atoms with Crippen molar-refractivity contribution in [2.24, 2.45) is 0 Å². The maximum Gasteiger partial charge on any atom is 0.317 e. The summed E-state index contributed by atoms with van der Waals surface area (Å²) in [4.78, 5) is 15.1. The van der Waals surface area contributed by atoms with Crippen LogP contribution in [0.4, 0.5) is 0 Å². The monoisotopic (exact) mass is 288 g/mol. The molecule has 2 heterocycles. The van der Waals surface area contributed by atoms with E-state index in [-0.39, 0.29) is 12.6 Å². The molecule has 1 aromatic carbocycles. The second-order valence-electron chi connectivity index (χ2n) is 5.57. The lowest BCUT2D eigenvalue weighted by Crippen LogP contribution is -2.48. The summed E-state index contributed by atoms with van der Waals surface area (Å²) in [5.74, 6) is 0.219. The van der Waals surface area contributed by atoms with Gasteiger partial charge in [0.15, 0.2) is 0 Å². The number of rotatable bonds is 4. The van der Waals surface area contributed by atoms with Crippen molar-refractivity contribution >= 4 is 16.9 Å². The molecule has 1 aliphatic heterocycles. The van der Waals surface area contributed by atoms with Crippen molar-refractivity contribution in [2.75, 3.05) is 32.7 Å². The van der Waals surface area contributed by atoms with Crippen LogP contribution in [0.3, 0.4) is 0 Å². The number of nitrogens with zero attached hydrogens (tertiary/aromatic N) is 2. The Labute approximate surface area is 123 Å². The van der Waals surface area contributed by atoms with Gasteiger partial charge in [0, 0.05) is 31.6 Å². The number of piperazine rings is 1. The molecule has 0 aliphatic carbocycles. The molecule has 5 heteroatoms. The fourth-order valence-electron chi connectivity index (χ4n) is 2.89. The van der Waals surface area contributed by atoms with Gasteiger partial charge >= 0.3 is 5.97 Å². The fraction of sp³-hybridized carbons (Fsp3) is 0.438. The van der Waals surface area contributed by atoms with E-state index in [0.717, 1.165) is 42.9 Å². The van der Waals surface area contributed by atoms with Crippen LogP contribution in [0.15, 0.2) is 34.7 Å². The van der Waals surface area contributed by atoms with Gasteiger partial charge in [0.05, 0.1) is 12.6 Å². The van der Waals surface area contributed by atoms with E-state index in [9.17, 15) is 4.79 Å². The van der Waals surface area contributed by atoms with E-state index in [1.807, 2.05) is 23.1 Å². The van der Waals surface area contributed by atoms with Crippen LogP contribution in [0.1, 0.15) is 18.7 Å². The molecule has 0 bridgehead atoms. The van der Waals surface area contributed by atoms with E-state index >= 15 is 0 Å². The average molecular weight is 288 g/mol. The number of furan rings is 1. The van der Waals surface area contributed by atoms with Gasteiger partial charge in [-0.25, -0.2) is 0 Å². The quantitative estimate of drug-likeness (QED) is 0.934. The SMILES string of the molecule is CC(c1cc2ccccc2o1)N1CCN(CC(=O)O)CC1. The van der Waals surface area contributed by atoms with Crippen LogP contribution in [-0.2, 0) is 4.79 Å². The third-order valence-electron chi connectivity index (χ3n) is 4.17. The first kappa shape index (κ1) is 14.1. The van der Waals surface area contributed by atoms with Crippen LogP contribution < -0.4 is 0 Å². The number of fused-ring (bicyclic) bond motifs is 1. The normalized spacial score (nSPS) is 18.9. The zero-order valence-electron chi connectivity index (χ0n) is 12.2. The van der Waals surface area contributed by atoms with Crippen molar-refractivity contribution < 1.29 is 14.3 Å². The van der Waals surface area contributed by atoms with Gasteiger partial charge in [-0.15, -0.1) is 0 Å². The molecular formula is C16H20N2O3. The highest BCUT2D eigenvalue weighted by Gasteiger charge is 2.24. The number of para-hydroxylation sites is 1. The summed E-state index contributed by atoms with van der Waals surface area (Å²) in [6.45, 7) is 5.59. The molecule has 0 amide bonds. The predicted octanol–water partition coefficient (Wildman–Crippen LogP) is 2.20. The minimum absolute atomic E-state index is 0.132. The summed E-state index contributed by atoms with van der Waals surface area (Å²) in [5, 5.41) is 9.96. The van der Waals surface area contributed by atoms with Crippen LogP contribution in [-0.4, -0.2) is 53.6 Å². The third kappa shape index (κ3) is 3.09. The van der Waals surface area contributed by atoms with Crippen molar-refractivity contribution in [3.8, 4) is 0 Å². The predicted molar refractivity (Wildman–Crippen MR) is 80.3 cm³/mol. The minimum atomic E-state index is -0.756. The summed E-state index contributed by atoms with van der Waals surface area (Å²) in [7, 11) is 0. The lowest BCUT2D eigenvalue weighted by molar-refractivity contribution is -0.138. The van der Waals surface area contributed by atoms with Gasteiger partial charge < -0.3 is 9.52 Å². The van der Waals surface area contributed by atoms with Gasteiger partial charge in [0.1, 0.15) is 11.3 Å². The Morgan fingerprint density at radius 1 is 1.29 bits per heavy atom. The first-order chi connectivity index (χ1) is 10.1. The Hall–Kier alpha value is -1.85. The Balaban J connectivity index is 1.66. The van der Waals surface area contributed by atoms with Gasteiger partial charge in [-0.1, -0.05) is 18.2 Å². The summed E-state index contributed by atoms with van der Waals surface area (Å²) in [5.41, 5.74) is 0.920. The molecule has 21 heavy (non-hydrogen) atoms. The minimum Gasteiger partial charge on any atom is -0.480 e.